The molecule has 1 aliphatic rings. The first-order valence-electron chi connectivity index (χ1n) is 6.58. The number of rotatable bonds is 6. The van der Waals surface area contributed by atoms with E-state index in [1.165, 1.54) is 0 Å². The summed E-state index contributed by atoms with van der Waals surface area (Å²) in [4.78, 5) is -0.653. The third-order valence-corrected chi connectivity index (χ3v) is 5.07. The van der Waals surface area contributed by atoms with Gasteiger partial charge < -0.3 is 15.7 Å². The summed E-state index contributed by atoms with van der Waals surface area (Å²) in [5.74, 6) is 0. The van der Waals surface area contributed by atoms with Crippen molar-refractivity contribution in [3.8, 4) is 0 Å². The molecule has 0 saturated heterocycles. The van der Waals surface area contributed by atoms with Crippen molar-refractivity contribution in [1.82, 2.24) is 10.6 Å². The highest BCUT2D eigenvalue weighted by molar-refractivity contribution is 7.80. The lowest BCUT2D eigenvalue weighted by Crippen LogP contribution is -2.53. The molecule has 1 aliphatic carbocycles. The van der Waals surface area contributed by atoms with Crippen LogP contribution in [0.15, 0.2) is 24.3 Å². The summed E-state index contributed by atoms with van der Waals surface area (Å²) in [6, 6.07) is 7.40. The standard InChI is InChI=1S/C14H17Cl2N3OS/c15-11-4-2-1-3-10(11)7-14(20,13(16)5-6-13)8-18-12(21)19-9-17/h1-4,9,20H,5-8H2,(H3,17,18,19,21). The predicted molar refractivity (Wildman–Crippen MR) is 90.4 cm³/mol. The lowest BCUT2D eigenvalue weighted by atomic mass is 9.89. The number of hydrogen-bond acceptors (Lipinski definition) is 3. The second-order valence-electron chi connectivity index (χ2n) is 5.24. The molecule has 1 aromatic rings. The van der Waals surface area contributed by atoms with Gasteiger partial charge in [-0.05, 0) is 36.7 Å². The van der Waals surface area contributed by atoms with E-state index in [2.05, 4.69) is 10.6 Å². The fourth-order valence-corrected chi connectivity index (χ4v) is 2.82. The maximum absolute atomic E-state index is 11.0. The van der Waals surface area contributed by atoms with E-state index in [-0.39, 0.29) is 11.7 Å². The molecule has 0 spiro atoms. The highest BCUT2D eigenvalue weighted by atomic mass is 35.5. The molecule has 1 unspecified atom stereocenters. The minimum absolute atomic E-state index is 0.196. The molecule has 1 saturated carbocycles. The van der Waals surface area contributed by atoms with Crippen LogP contribution in [0.25, 0.3) is 0 Å². The van der Waals surface area contributed by atoms with Crippen LogP contribution in [0, 0.1) is 5.41 Å². The van der Waals surface area contributed by atoms with Crippen LogP contribution < -0.4 is 10.6 Å². The van der Waals surface area contributed by atoms with Gasteiger partial charge in [-0.1, -0.05) is 29.8 Å². The molecule has 0 bridgehead atoms. The van der Waals surface area contributed by atoms with Crippen molar-refractivity contribution in [2.24, 2.45) is 0 Å². The van der Waals surface area contributed by atoms with Crippen molar-refractivity contribution in [1.29, 1.82) is 5.41 Å². The van der Waals surface area contributed by atoms with Crippen molar-refractivity contribution in [3.63, 3.8) is 0 Å². The largest absolute Gasteiger partial charge is 0.386 e. The highest BCUT2D eigenvalue weighted by Gasteiger charge is 2.57. The Morgan fingerprint density at radius 1 is 1.48 bits per heavy atom. The van der Waals surface area contributed by atoms with Crippen LogP contribution in [-0.4, -0.2) is 33.6 Å². The Balaban J connectivity index is 2.12. The zero-order valence-corrected chi connectivity index (χ0v) is 13.7. The number of nitrogens with one attached hydrogen (secondary N) is 3. The Labute approximate surface area is 139 Å². The van der Waals surface area contributed by atoms with Gasteiger partial charge in [-0.25, -0.2) is 0 Å². The smallest absolute Gasteiger partial charge is 0.171 e. The minimum Gasteiger partial charge on any atom is -0.386 e. The molecule has 4 nitrogen and oxygen atoms in total. The quantitative estimate of drug-likeness (QED) is 0.276. The lowest BCUT2D eigenvalue weighted by molar-refractivity contribution is 0.0327. The minimum atomic E-state index is -1.16. The number of alkyl halides is 1. The number of aliphatic hydroxyl groups is 1. The van der Waals surface area contributed by atoms with Crippen LogP contribution >= 0.6 is 35.4 Å². The lowest BCUT2D eigenvalue weighted by Gasteiger charge is -2.34. The van der Waals surface area contributed by atoms with Crippen molar-refractivity contribution in [2.75, 3.05) is 6.54 Å². The maximum Gasteiger partial charge on any atom is 0.171 e. The number of thiocarbonyl (C=S) groups is 1. The first kappa shape index (κ1) is 16.5. The van der Waals surface area contributed by atoms with Crippen LogP contribution in [0.2, 0.25) is 5.02 Å². The Bertz CT molecular complexity index is 551. The van der Waals surface area contributed by atoms with Gasteiger partial charge in [0.25, 0.3) is 0 Å². The van der Waals surface area contributed by atoms with Gasteiger partial charge in [0, 0.05) is 18.0 Å². The number of hydrogen-bond donors (Lipinski definition) is 4. The van der Waals surface area contributed by atoms with Gasteiger partial charge in [-0.2, -0.15) is 0 Å². The summed E-state index contributed by atoms with van der Waals surface area (Å²) in [6.07, 6.45) is 2.83. The maximum atomic E-state index is 11.0. The first-order chi connectivity index (χ1) is 9.90. The molecule has 2 rings (SSSR count). The van der Waals surface area contributed by atoms with E-state index in [1.807, 2.05) is 18.2 Å². The van der Waals surface area contributed by atoms with Crippen LogP contribution in [0.1, 0.15) is 18.4 Å². The molecular formula is C14H17Cl2N3OS. The molecular weight excluding hydrogens is 329 g/mol. The Kier molecular flexibility index (Phi) is 5.09. The normalized spacial score (nSPS) is 18.4. The third-order valence-electron chi connectivity index (χ3n) is 3.71. The summed E-state index contributed by atoms with van der Waals surface area (Å²) in [5, 5.41) is 24.3. The summed E-state index contributed by atoms with van der Waals surface area (Å²) in [6.45, 7) is 0.196. The van der Waals surface area contributed by atoms with Gasteiger partial charge in [0.2, 0.25) is 0 Å². The van der Waals surface area contributed by atoms with Gasteiger partial charge in [0.05, 0.1) is 11.2 Å². The second-order valence-corrected chi connectivity index (χ2v) is 6.78. The second kappa shape index (κ2) is 6.48. The summed E-state index contributed by atoms with van der Waals surface area (Å²) < 4.78 is 0. The molecule has 4 N–H and O–H groups in total. The Morgan fingerprint density at radius 2 is 2.14 bits per heavy atom. The summed E-state index contributed by atoms with van der Waals surface area (Å²) in [5.41, 5.74) is -0.311. The van der Waals surface area contributed by atoms with E-state index in [0.29, 0.717) is 11.4 Å². The monoisotopic (exact) mass is 345 g/mol. The molecule has 1 aromatic carbocycles. The number of halogens is 2. The predicted octanol–water partition coefficient (Wildman–Crippen LogP) is 2.46. The molecule has 1 fully saturated rings. The highest BCUT2D eigenvalue weighted by Crippen LogP contribution is 2.52. The van der Waals surface area contributed by atoms with Crippen LogP contribution in [0.3, 0.4) is 0 Å². The molecule has 7 heteroatoms. The fourth-order valence-electron chi connectivity index (χ4n) is 2.25. The topological polar surface area (TPSA) is 68.1 Å². The zero-order chi connectivity index (χ0) is 15.5. The van der Waals surface area contributed by atoms with Gasteiger partial charge in [-0.15, -0.1) is 11.6 Å². The Hall–Kier alpha value is -0.880. The number of benzene rings is 1. The molecule has 21 heavy (non-hydrogen) atoms. The van der Waals surface area contributed by atoms with E-state index < -0.39 is 10.5 Å². The molecule has 0 radical (unpaired) electrons. The van der Waals surface area contributed by atoms with Crippen molar-refractivity contribution >= 4 is 46.9 Å². The van der Waals surface area contributed by atoms with E-state index >= 15 is 0 Å². The van der Waals surface area contributed by atoms with Crippen molar-refractivity contribution in [3.05, 3.63) is 34.9 Å². The van der Waals surface area contributed by atoms with E-state index in [4.69, 9.17) is 40.8 Å². The molecule has 0 heterocycles. The average Bonchev–Trinajstić information content (AvgIpc) is 3.19. The van der Waals surface area contributed by atoms with Gasteiger partial charge in [0.15, 0.2) is 5.11 Å². The third kappa shape index (κ3) is 3.86. The molecule has 0 aromatic heterocycles. The Morgan fingerprint density at radius 3 is 2.71 bits per heavy atom. The molecule has 0 amide bonds. The van der Waals surface area contributed by atoms with E-state index in [9.17, 15) is 5.11 Å². The summed E-state index contributed by atoms with van der Waals surface area (Å²) >= 11 is 17.6. The van der Waals surface area contributed by atoms with Gasteiger partial charge >= 0.3 is 0 Å². The van der Waals surface area contributed by atoms with Crippen molar-refractivity contribution in [2.45, 2.75) is 29.7 Å². The van der Waals surface area contributed by atoms with Gasteiger partial charge in [-0.3, -0.25) is 5.41 Å². The SMILES string of the molecule is N=CNC(=S)NCC(O)(Cc1ccccc1Cl)C1(Cl)CC1. The first-order valence-corrected chi connectivity index (χ1v) is 7.75. The summed E-state index contributed by atoms with van der Waals surface area (Å²) in [7, 11) is 0. The van der Waals surface area contributed by atoms with Crippen LogP contribution in [0.5, 0.6) is 0 Å². The van der Waals surface area contributed by atoms with Crippen LogP contribution in [0.4, 0.5) is 0 Å². The van der Waals surface area contributed by atoms with E-state index in [1.54, 1.807) is 6.07 Å². The molecule has 0 aliphatic heterocycles. The average molecular weight is 346 g/mol. The van der Waals surface area contributed by atoms with Crippen LogP contribution in [-0.2, 0) is 6.42 Å². The van der Waals surface area contributed by atoms with Gasteiger partial charge in [0.1, 0.15) is 5.60 Å². The fraction of sp³-hybridized carbons (Fsp3) is 0.429. The van der Waals surface area contributed by atoms with E-state index in [0.717, 1.165) is 24.7 Å². The van der Waals surface area contributed by atoms with Crippen molar-refractivity contribution < 1.29 is 5.11 Å². The molecule has 1 atom stereocenters. The zero-order valence-electron chi connectivity index (χ0n) is 11.3. The molecule has 114 valence electrons.